The van der Waals surface area contributed by atoms with E-state index >= 15 is 0 Å². The van der Waals surface area contributed by atoms with E-state index in [1.165, 1.54) is 0 Å². The SMILES string of the molecule is CC(C)(C)c1ccc(C(=O)O)c(-c2ccc(Cl)cc2)c1. The number of benzene rings is 2. The second-order valence-electron chi connectivity index (χ2n) is 5.82. The predicted octanol–water partition coefficient (Wildman–Crippen LogP) is 5.00. The number of hydrogen-bond acceptors (Lipinski definition) is 1. The molecule has 1 N–H and O–H groups in total. The van der Waals surface area contributed by atoms with E-state index in [0.29, 0.717) is 10.6 Å². The van der Waals surface area contributed by atoms with Gasteiger partial charge >= 0.3 is 5.97 Å². The van der Waals surface area contributed by atoms with E-state index in [0.717, 1.165) is 16.7 Å². The van der Waals surface area contributed by atoms with Gasteiger partial charge in [0.2, 0.25) is 0 Å². The minimum atomic E-state index is -0.921. The van der Waals surface area contributed by atoms with Gasteiger partial charge in [-0.25, -0.2) is 4.79 Å². The first-order valence-electron chi connectivity index (χ1n) is 6.43. The van der Waals surface area contributed by atoms with Crippen molar-refractivity contribution in [1.29, 1.82) is 0 Å². The molecule has 0 amide bonds. The van der Waals surface area contributed by atoms with Crippen LogP contribution in [-0.2, 0) is 5.41 Å². The van der Waals surface area contributed by atoms with Crippen LogP contribution in [0, 0.1) is 0 Å². The van der Waals surface area contributed by atoms with Crippen LogP contribution in [0.3, 0.4) is 0 Å². The molecule has 20 heavy (non-hydrogen) atoms. The molecule has 2 rings (SSSR count). The van der Waals surface area contributed by atoms with E-state index in [-0.39, 0.29) is 5.41 Å². The highest BCUT2D eigenvalue weighted by molar-refractivity contribution is 6.30. The van der Waals surface area contributed by atoms with Crippen LogP contribution in [0.4, 0.5) is 0 Å². The summed E-state index contributed by atoms with van der Waals surface area (Å²) in [6, 6.07) is 12.7. The lowest BCUT2D eigenvalue weighted by Gasteiger charge is -2.21. The summed E-state index contributed by atoms with van der Waals surface area (Å²) in [7, 11) is 0. The molecular weight excluding hydrogens is 272 g/mol. The molecule has 0 heterocycles. The zero-order chi connectivity index (χ0) is 14.9. The summed E-state index contributed by atoms with van der Waals surface area (Å²) in [6.07, 6.45) is 0. The van der Waals surface area contributed by atoms with Gasteiger partial charge in [0.15, 0.2) is 0 Å². The predicted molar refractivity (Wildman–Crippen MR) is 82.5 cm³/mol. The van der Waals surface area contributed by atoms with E-state index in [9.17, 15) is 9.90 Å². The summed E-state index contributed by atoms with van der Waals surface area (Å²) in [6.45, 7) is 6.32. The van der Waals surface area contributed by atoms with Crippen molar-refractivity contribution in [3.63, 3.8) is 0 Å². The molecule has 104 valence electrons. The molecule has 0 aliphatic carbocycles. The molecule has 2 aromatic rings. The van der Waals surface area contributed by atoms with Crippen LogP contribution < -0.4 is 0 Å². The molecule has 3 heteroatoms. The van der Waals surface area contributed by atoms with Gasteiger partial charge in [-0.15, -0.1) is 0 Å². The molecule has 0 spiro atoms. The number of carboxylic acid groups (broad SMARTS) is 1. The Bertz CT molecular complexity index is 637. The Labute approximate surface area is 124 Å². The molecule has 0 aromatic heterocycles. The van der Waals surface area contributed by atoms with Crippen molar-refractivity contribution in [3.05, 3.63) is 58.6 Å². The average Bonchev–Trinajstić information content (AvgIpc) is 2.37. The van der Waals surface area contributed by atoms with Crippen molar-refractivity contribution in [3.8, 4) is 11.1 Å². The fraction of sp³-hybridized carbons (Fsp3) is 0.235. The highest BCUT2D eigenvalue weighted by Gasteiger charge is 2.18. The molecule has 0 saturated carbocycles. The zero-order valence-electron chi connectivity index (χ0n) is 11.8. The molecule has 0 bridgehead atoms. The molecular formula is C17H17ClO2. The minimum Gasteiger partial charge on any atom is -0.478 e. The standard InChI is InChI=1S/C17H17ClO2/c1-17(2,3)12-6-9-14(16(19)20)15(10-12)11-4-7-13(18)8-5-11/h4-10H,1-3H3,(H,19,20). The van der Waals surface area contributed by atoms with Gasteiger partial charge in [-0.2, -0.15) is 0 Å². The molecule has 0 aliphatic heterocycles. The number of carbonyl (C=O) groups is 1. The van der Waals surface area contributed by atoms with E-state index in [1.807, 2.05) is 24.3 Å². The van der Waals surface area contributed by atoms with Crippen LogP contribution in [0.2, 0.25) is 5.02 Å². The van der Waals surface area contributed by atoms with Crippen molar-refractivity contribution in [2.45, 2.75) is 26.2 Å². The highest BCUT2D eigenvalue weighted by Crippen LogP contribution is 2.31. The molecule has 2 nitrogen and oxygen atoms in total. The fourth-order valence-corrected chi connectivity index (χ4v) is 2.19. The lowest BCUT2D eigenvalue weighted by molar-refractivity contribution is 0.0697. The molecule has 0 saturated heterocycles. The van der Waals surface area contributed by atoms with Gasteiger partial charge in [0.1, 0.15) is 0 Å². The highest BCUT2D eigenvalue weighted by atomic mass is 35.5. The quantitative estimate of drug-likeness (QED) is 0.844. The average molecular weight is 289 g/mol. The summed E-state index contributed by atoms with van der Waals surface area (Å²) in [4.78, 5) is 11.4. The van der Waals surface area contributed by atoms with Crippen LogP contribution in [0.5, 0.6) is 0 Å². The van der Waals surface area contributed by atoms with Gasteiger partial charge in [0.05, 0.1) is 5.56 Å². The Balaban J connectivity index is 2.64. The molecule has 0 radical (unpaired) electrons. The maximum atomic E-state index is 11.4. The molecule has 0 unspecified atom stereocenters. The largest absolute Gasteiger partial charge is 0.478 e. The van der Waals surface area contributed by atoms with Crippen molar-refractivity contribution in [2.75, 3.05) is 0 Å². The van der Waals surface area contributed by atoms with E-state index < -0.39 is 5.97 Å². The maximum Gasteiger partial charge on any atom is 0.336 e. The van der Waals surface area contributed by atoms with Crippen LogP contribution in [0.15, 0.2) is 42.5 Å². The van der Waals surface area contributed by atoms with Gasteiger partial charge in [-0.3, -0.25) is 0 Å². The third-order valence-electron chi connectivity index (χ3n) is 3.27. The van der Waals surface area contributed by atoms with Gasteiger partial charge in [-0.05, 0) is 46.4 Å². The number of rotatable bonds is 2. The van der Waals surface area contributed by atoms with Crippen molar-refractivity contribution in [2.24, 2.45) is 0 Å². The van der Waals surface area contributed by atoms with Gasteiger partial charge in [0.25, 0.3) is 0 Å². The topological polar surface area (TPSA) is 37.3 Å². The van der Waals surface area contributed by atoms with Crippen molar-refractivity contribution >= 4 is 17.6 Å². The first-order valence-corrected chi connectivity index (χ1v) is 6.80. The number of hydrogen-bond donors (Lipinski definition) is 1. The van der Waals surface area contributed by atoms with Crippen LogP contribution in [0.1, 0.15) is 36.7 Å². The Hall–Kier alpha value is -1.80. The Morgan fingerprint density at radius 2 is 1.65 bits per heavy atom. The molecule has 0 atom stereocenters. The van der Waals surface area contributed by atoms with Gasteiger partial charge < -0.3 is 5.11 Å². The summed E-state index contributed by atoms with van der Waals surface area (Å²) in [5, 5.41) is 9.99. The Morgan fingerprint density at radius 1 is 1.05 bits per heavy atom. The van der Waals surface area contributed by atoms with Crippen molar-refractivity contribution in [1.82, 2.24) is 0 Å². The van der Waals surface area contributed by atoms with E-state index in [2.05, 4.69) is 20.8 Å². The summed E-state index contributed by atoms with van der Waals surface area (Å²) in [5.74, 6) is -0.921. The Morgan fingerprint density at radius 3 is 2.15 bits per heavy atom. The third-order valence-corrected chi connectivity index (χ3v) is 3.52. The second-order valence-corrected chi connectivity index (χ2v) is 6.26. The second kappa shape index (κ2) is 5.29. The number of halogens is 1. The lowest BCUT2D eigenvalue weighted by atomic mass is 9.84. The number of carboxylic acids is 1. The minimum absolute atomic E-state index is 0.0296. The third kappa shape index (κ3) is 3.02. The Kier molecular flexibility index (Phi) is 3.87. The fourth-order valence-electron chi connectivity index (χ4n) is 2.07. The first-order chi connectivity index (χ1) is 9.29. The molecule has 2 aromatic carbocycles. The lowest BCUT2D eigenvalue weighted by Crippen LogP contribution is -2.12. The summed E-state index contributed by atoms with van der Waals surface area (Å²) < 4.78 is 0. The first kappa shape index (κ1) is 14.6. The van der Waals surface area contributed by atoms with Crippen LogP contribution in [-0.4, -0.2) is 11.1 Å². The van der Waals surface area contributed by atoms with E-state index in [4.69, 9.17) is 11.6 Å². The van der Waals surface area contributed by atoms with E-state index in [1.54, 1.807) is 18.2 Å². The van der Waals surface area contributed by atoms with Gasteiger partial charge in [-0.1, -0.05) is 50.6 Å². The molecule has 0 fully saturated rings. The van der Waals surface area contributed by atoms with Crippen molar-refractivity contribution < 1.29 is 9.90 Å². The number of aromatic carboxylic acids is 1. The zero-order valence-corrected chi connectivity index (χ0v) is 12.5. The normalized spacial score (nSPS) is 11.4. The van der Waals surface area contributed by atoms with Crippen LogP contribution in [0.25, 0.3) is 11.1 Å². The van der Waals surface area contributed by atoms with Crippen LogP contribution >= 0.6 is 11.6 Å². The summed E-state index contributed by atoms with van der Waals surface area (Å²) >= 11 is 5.89. The monoisotopic (exact) mass is 288 g/mol. The molecule has 0 aliphatic rings. The maximum absolute atomic E-state index is 11.4. The smallest absolute Gasteiger partial charge is 0.336 e. The van der Waals surface area contributed by atoms with Gasteiger partial charge in [0, 0.05) is 5.02 Å². The summed E-state index contributed by atoms with van der Waals surface area (Å²) in [5.41, 5.74) is 2.96.